The monoisotopic (exact) mass is 237 g/mol. The molecule has 4 N–H and O–H groups in total. The Morgan fingerprint density at radius 3 is 2.76 bits per heavy atom. The molecule has 0 bridgehead atoms. The van der Waals surface area contributed by atoms with Gasteiger partial charge in [-0.25, -0.2) is 4.98 Å². The number of carbonyl (C=O) groups is 1. The molecule has 0 spiro atoms. The summed E-state index contributed by atoms with van der Waals surface area (Å²) < 4.78 is 0. The molecular weight excluding hydrogens is 218 g/mol. The fraction of sp³-hybridized carbons (Fsp3) is 0.545. The maximum Gasteiger partial charge on any atom is 0.240 e. The van der Waals surface area contributed by atoms with Crippen molar-refractivity contribution in [3.8, 4) is 0 Å². The van der Waals surface area contributed by atoms with Gasteiger partial charge in [-0.15, -0.1) is 0 Å². The Bertz CT molecular complexity index is 380. The number of carbonyl (C=O) groups excluding carboxylic acids is 1. The summed E-state index contributed by atoms with van der Waals surface area (Å²) in [5, 5.41) is 6.01. The highest BCUT2D eigenvalue weighted by Gasteiger charge is 2.19. The third-order valence-electron chi connectivity index (χ3n) is 2.27. The largest absolute Gasteiger partial charge is 0.368 e. The van der Waals surface area contributed by atoms with E-state index in [1.165, 1.54) is 0 Å². The molecule has 1 heterocycles. The van der Waals surface area contributed by atoms with Gasteiger partial charge in [0.2, 0.25) is 11.9 Å². The van der Waals surface area contributed by atoms with Crippen LogP contribution in [-0.2, 0) is 4.79 Å². The highest BCUT2D eigenvalue weighted by Crippen LogP contribution is 2.11. The van der Waals surface area contributed by atoms with Crippen LogP contribution in [0.2, 0.25) is 0 Å². The fourth-order valence-electron chi connectivity index (χ4n) is 1.41. The predicted molar refractivity (Wildman–Crippen MR) is 67.6 cm³/mol. The molecule has 0 aromatic carbocycles. The zero-order valence-corrected chi connectivity index (χ0v) is 10.4. The van der Waals surface area contributed by atoms with Gasteiger partial charge in [-0.05, 0) is 18.9 Å². The van der Waals surface area contributed by atoms with Crippen LogP contribution in [0.4, 0.5) is 11.8 Å². The van der Waals surface area contributed by atoms with Crippen LogP contribution in [0.15, 0.2) is 12.3 Å². The Labute approximate surface area is 101 Å². The molecule has 1 amide bonds. The van der Waals surface area contributed by atoms with Crippen molar-refractivity contribution in [2.45, 2.75) is 26.8 Å². The maximum absolute atomic E-state index is 11.3. The van der Waals surface area contributed by atoms with Crippen LogP contribution < -0.4 is 16.4 Å². The molecule has 1 rings (SSSR count). The first kappa shape index (κ1) is 13.2. The molecule has 0 saturated carbocycles. The van der Waals surface area contributed by atoms with Crippen LogP contribution in [0.1, 0.15) is 20.8 Å². The molecule has 1 unspecified atom stereocenters. The lowest BCUT2D eigenvalue weighted by atomic mass is 10.0. The number of primary amides is 1. The Hall–Kier alpha value is -1.85. The van der Waals surface area contributed by atoms with Crippen molar-refractivity contribution in [2.75, 3.05) is 17.2 Å². The van der Waals surface area contributed by atoms with E-state index in [-0.39, 0.29) is 11.8 Å². The Morgan fingerprint density at radius 1 is 1.53 bits per heavy atom. The molecule has 0 aliphatic carbocycles. The van der Waals surface area contributed by atoms with Gasteiger partial charge < -0.3 is 16.4 Å². The number of nitrogens with zero attached hydrogens (tertiary/aromatic N) is 2. The lowest BCUT2D eigenvalue weighted by molar-refractivity contribution is -0.119. The number of nitrogens with one attached hydrogen (secondary N) is 2. The van der Waals surface area contributed by atoms with Crippen LogP contribution in [-0.4, -0.2) is 28.5 Å². The number of anilines is 2. The Balaban J connectivity index is 2.78. The van der Waals surface area contributed by atoms with E-state index in [1.54, 1.807) is 12.3 Å². The maximum atomic E-state index is 11.3. The average molecular weight is 237 g/mol. The summed E-state index contributed by atoms with van der Waals surface area (Å²) in [7, 11) is 0. The fourth-order valence-corrected chi connectivity index (χ4v) is 1.41. The highest BCUT2D eigenvalue weighted by atomic mass is 16.1. The third kappa shape index (κ3) is 3.90. The normalized spacial score (nSPS) is 12.2. The first-order valence-electron chi connectivity index (χ1n) is 5.67. The number of rotatable bonds is 6. The van der Waals surface area contributed by atoms with Gasteiger partial charge in [0.05, 0.1) is 0 Å². The van der Waals surface area contributed by atoms with Gasteiger partial charge in [0, 0.05) is 12.7 Å². The van der Waals surface area contributed by atoms with Gasteiger partial charge in [0.1, 0.15) is 11.9 Å². The molecule has 17 heavy (non-hydrogen) atoms. The van der Waals surface area contributed by atoms with Crippen LogP contribution in [0.5, 0.6) is 0 Å². The topological polar surface area (TPSA) is 92.9 Å². The Kier molecular flexibility index (Phi) is 4.68. The summed E-state index contributed by atoms with van der Waals surface area (Å²) >= 11 is 0. The van der Waals surface area contributed by atoms with E-state index < -0.39 is 6.04 Å². The standard InChI is InChI=1S/C11H19N5O/c1-4-13-11-14-6-5-8(16-11)15-9(7(2)3)10(12)17/h5-7,9H,4H2,1-3H3,(H2,12,17)(H2,13,14,15,16). The van der Waals surface area contributed by atoms with Gasteiger partial charge >= 0.3 is 0 Å². The van der Waals surface area contributed by atoms with E-state index in [4.69, 9.17) is 5.73 Å². The Morgan fingerprint density at radius 2 is 2.24 bits per heavy atom. The first-order chi connectivity index (χ1) is 8.04. The van der Waals surface area contributed by atoms with E-state index in [9.17, 15) is 4.79 Å². The van der Waals surface area contributed by atoms with Gasteiger partial charge in [0.15, 0.2) is 0 Å². The summed E-state index contributed by atoms with van der Waals surface area (Å²) in [6, 6.07) is 1.28. The minimum absolute atomic E-state index is 0.102. The van der Waals surface area contributed by atoms with Crippen molar-refractivity contribution in [2.24, 2.45) is 11.7 Å². The van der Waals surface area contributed by atoms with Gasteiger partial charge in [-0.1, -0.05) is 13.8 Å². The summed E-state index contributed by atoms with van der Waals surface area (Å²) in [4.78, 5) is 19.5. The van der Waals surface area contributed by atoms with Crippen LogP contribution >= 0.6 is 0 Å². The molecule has 1 atom stereocenters. The van der Waals surface area contributed by atoms with Crippen molar-refractivity contribution >= 4 is 17.7 Å². The van der Waals surface area contributed by atoms with Crippen molar-refractivity contribution < 1.29 is 4.79 Å². The molecule has 94 valence electrons. The molecule has 1 aromatic heterocycles. The second-order valence-corrected chi connectivity index (χ2v) is 4.06. The van der Waals surface area contributed by atoms with E-state index >= 15 is 0 Å². The van der Waals surface area contributed by atoms with E-state index in [0.29, 0.717) is 11.8 Å². The summed E-state index contributed by atoms with van der Waals surface area (Å²) in [5.41, 5.74) is 5.32. The third-order valence-corrected chi connectivity index (χ3v) is 2.27. The number of hydrogen-bond donors (Lipinski definition) is 3. The van der Waals surface area contributed by atoms with E-state index in [2.05, 4.69) is 20.6 Å². The molecule has 0 aliphatic rings. The van der Waals surface area contributed by atoms with Crippen LogP contribution in [0.25, 0.3) is 0 Å². The first-order valence-corrected chi connectivity index (χ1v) is 5.67. The van der Waals surface area contributed by atoms with Crippen molar-refractivity contribution in [1.82, 2.24) is 9.97 Å². The summed E-state index contributed by atoms with van der Waals surface area (Å²) in [6.45, 7) is 6.56. The number of aromatic nitrogens is 2. The van der Waals surface area contributed by atoms with Crippen molar-refractivity contribution in [1.29, 1.82) is 0 Å². The molecule has 6 nitrogen and oxygen atoms in total. The predicted octanol–water partition coefficient (Wildman–Crippen LogP) is 0.830. The van der Waals surface area contributed by atoms with Crippen LogP contribution in [0.3, 0.4) is 0 Å². The molecule has 6 heteroatoms. The smallest absolute Gasteiger partial charge is 0.240 e. The lowest BCUT2D eigenvalue weighted by Crippen LogP contribution is -2.39. The molecule has 0 radical (unpaired) electrons. The SMILES string of the molecule is CCNc1nccc(NC(C(N)=O)C(C)C)n1. The average Bonchev–Trinajstić information content (AvgIpc) is 2.26. The van der Waals surface area contributed by atoms with Crippen molar-refractivity contribution in [3.05, 3.63) is 12.3 Å². The summed E-state index contributed by atoms with van der Waals surface area (Å²) in [6.07, 6.45) is 1.63. The second-order valence-electron chi connectivity index (χ2n) is 4.06. The number of hydrogen-bond acceptors (Lipinski definition) is 5. The molecule has 0 saturated heterocycles. The van der Waals surface area contributed by atoms with Crippen LogP contribution in [0, 0.1) is 5.92 Å². The number of amides is 1. The van der Waals surface area contributed by atoms with Gasteiger partial charge in [-0.2, -0.15) is 4.98 Å². The second kappa shape index (κ2) is 6.03. The van der Waals surface area contributed by atoms with E-state index in [0.717, 1.165) is 6.54 Å². The minimum atomic E-state index is -0.431. The van der Waals surface area contributed by atoms with Crippen molar-refractivity contribution in [3.63, 3.8) is 0 Å². The zero-order valence-electron chi connectivity index (χ0n) is 10.4. The molecular formula is C11H19N5O. The quantitative estimate of drug-likeness (QED) is 0.681. The zero-order chi connectivity index (χ0) is 12.8. The van der Waals surface area contributed by atoms with Gasteiger partial charge in [-0.3, -0.25) is 4.79 Å². The van der Waals surface area contributed by atoms with E-state index in [1.807, 2.05) is 20.8 Å². The number of nitrogens with two attached hydrogens (primary N) is 1. The highest BCUT2D eigenvalue weighted by molar-refractivity contribution is 5.82. The van der Waals surface area contributed by atoms with Gasteiger partial charge in [0.25, 0.3) is 0 Å². The lowest BCUT2D eigenvalue weighted by Gasteiger charge is -2.19. The minimum Gasteiger partial charge on any atom is -0.368 e. The molecule has 0 fully saturated rings. The molecule has 1 aromatic rings. The molecule has 0 aliphatic heterocycles. The summed E-state index contributed by atoms with van der Waals surface area (Å²) in [5.74, 6) is 0.839.